The normalized spacial score (nSPS) is 12.6. The molecule has 0 fully saturated rings. The minimum atomic E-state index is -1.17. The molecule has 3 rings (SSSR count). The first kappa shape index (κ1) is 12.8. The molecule has 3 N–H and O–H groups in total. The molecule has 3 aromatic rings. The van der Waals surface area contributed by atoms with Crippen molar-refractivity contribution < 1.29 is 4.21 Å². The Kier molecular flexibility index (Phi) is 3.47. The lowest BCUT2D eigenvalue weighted by Gasteiger charge is -1.98. The Morgan fingerprint density at radius 1 is 1.25 bits per heavy atom. The standard InChI is InChI=1S/C14H14N4OS/c15-10-4-5-12-13(9-10)18-14(17-12)20(19)8-6-11-3-1-2-7-16-11/h1-5,7,9H,6,8,15H2,(H,17,18). The van der Waals surface area contributed by atoms with Crippen LogP contribution in [0, 0.1) is 0 Å². The minimum absolute atomic E-state index is 0.488. The van der Waals surface area contributed by atoms with Crippen molar-refractivity contribution in [1.82, 2.24) is 15.0 Å². The van der Waals surface area contributed by atoms with Gasteiger partial charge in [-0.15, -0.1) is 0 Å². The van der Waals surface area contributed by atoms with Crippen molar-refractivity contribution in [3.05, 3.63) is 48.3 Å². The molecule has 5 nitrogen and oxygen atoms in total. The third-order valence-electron chi connectivity index (χ3n) is 2.97. The van der Waals surface area contributed by atoms with Crippen LogP contribution in [0.4, 0.5) is 5.69 Å². The Labute approximate surface area is 118 Å². The summed E-state index contributed by atoms with van der Waals surface area (Å²) < 4.78 is 12.2. The van der Waals surface area contributed by atoms with Crippen LogP contribution in [0.25, 0.3) is 11.0 Å². The summed E-state index contributed by atoms with van der Waals surface area (Å²) >= 11 is 0. The maximum absolute atomic E-state index is 12.2. The van der Waals surface area contributed by atoms with Crippen molar-refractivity contribution >= 4 is 27.5 Å². The van der Waals surface area contributed by atoms with Crippen LogP contribution >= 0.6 is 0 Å². The number of nitrogens with zero attached hydrogens (tertiary/aromatic N) is 2. The zero-order chi connectivity index (χ0) is 13.9. The number of hydrogen-bond acceptors (Lipinski definition) is 4. The number of hydrogen-bond donors (Lipinski definition) is 2. The van der Waals surface area contributed by atoms with Gasteiger partial charge in [-0.05, 0) is 30.3 Å². The zero-order valence-corrected chi connectivity index (χ0v) is 11.6. The molecule has 102 valence electrons. The summed E-state index contributed by atoms with van der Waals surface area (Å²) in [6.45, 7) is 0. The number of fused-ring (bicyclic) bond motifs is 1. The van der Waals surface area contributed by atoms with Gasteiger partial charge >= 0.3 is 0 Å². The largest absolute Gasteiger partial charge is 0.399 e. The van der Waals surface area contributed by atoms with Gasteiger partial charge < -0.3 is 10.7 Å². The van der Waals surface area contributed by atoms with E-state index in [4.69, 9.17) is 5.73 Å². The smallest absolute Gasteiger partial charge is 0.197 e. The number of benzene rings is 1. The Morgan fingerprint density at radius 2 is 2.15 bits per heavy atom. The number of nitrogen functional groups attached to an aromatic ring is 1. The van der Waals surface area contributed by atoms with Crippen LogP contribution in [0.15, 0.2) is 47.8 Å². The summed E-state index contributed by atoms with van der Waals surface area (Å²) in [7, 11) is -1.17. The van der Waals surface area contributed by atoms with Crippen LogP contribution in [0.5, 0.6) is 0 Å². The van der Waals surface area contributed by atoms with Gasteiger partial charge in [-0.2, -0.15) is 0 Å². The van der Waals surface area contributed by atoms with E-state index < -0.39 is 10.8 Å². The molecule has 20 heavy (non-hydrogen) atoms. The number of nitrogens with one attached hydrogen (secondary N) is 1. The van der Waals surface area contributed by atoms with Crippen LogP contribution in [-0.4, -0.2) is 24.9 Å². The van der Waals surface area contributed by atoms with E-state index >= 15 is 0 Å². The Morgan fingerprint density at radius 3 is 2.95 bits per heavy atom. The van der Waals surface area contributed by atoms with Gasteiger partial charge in [0.25, 0.3) is 0 Å². The van der Waals surface area contributed by atoms with Crippen LogP contribution in [0.3, 0.4) is 0 Å². The molecule has 0 aliphatic carbocycles. The third kappa shape index (κ3) is 2.70. The molecule has 1 atom stereocenters. The van der Waals surface area contributed by atoms with Crippen molar-refractivity contribution in [2.75, 3.05) is 11.5 Å². The molecular weight excluding hydrogens is 272 g/mol. The number of nitrogens with two attached hydrogens (primary N) is 1. The van der Waals surface area contributed by atoms with Gasteiger partial charge in [-0.1, -0.05) is 6.07 Å². The van der Waals surface area contributed by atoms with Gasteiger partial charge in [-0.25, -0.2) is 4.98 Å². The van der Waals surface area contributed by atoms with Crippen LogP contribution in [0.2, 0.25) is 0 Å². The number of aromatic amines is 1. The summed E-state index contributed by atoms with van der Waals surface area (Å²) in [4.78, 5) is 11.6. The zero-order valence-electron chi connectivity index (χ0n) is 10.7. The maximum atomic E-state index is 12.2. The molecule has 2 aromatic heterocycles. The lowest BCUT2D eigenvalue weighted by atomic mass is 10.3. The third-order valence-corrected chi connectivity index (χ3v) is 4.17. The second-order valence-electron chi connectivity index (χ2n) is 4.44. The lowest BCUT2D eigenvalue weighted by molar-refractivity contribution is 0.677. The average Bonchev–Trinajstić information content (AvgIpc) is 2.89. The predicted molar refractivity (Wildman–Crippen MR) is 79.7 cm³/mol. The number of imidazole rings is 1. The van der Waals surface area contributed by atoms with Gasteiger partial charge in [0, 0.05) is 29.8 Å². The monoisotopic (exact) mass is 286 g/mol. The summed E-state index contributed by atoms with van der Waals surface area (Å²) in [6.07, 6.45) is 2.40. The second-order valence-corrected chi connectivity index (χ2v) is 5.93. The van der Waals surface area contributed by atoms with E-state index in [1.165, 1.54) is 0 Å². The van der Waals surface area contributed by atoms with Crippen molar-refractivity contribution in [3.8, 4) is 0 Å². The van der Waals surface area contributed by atoms with Gasteiger partial charge in [-0.3, -0.25) is 9.19 Å². The van der Waals surface area contributed by atoms with E-state index in [-0.39, 0.29) is 0 Å². The van der Waals surface area contributed by atoms with Gasteiger partial charge in [0.05, 0.1) is 21.8 Å². The summed E-state index contributed by atoms with van der Waals surface area (Å²) in [6, 6.07) is 11.1. The van der Waals surface area contributed by atoms with Crippen molar-refractivity contribution in [2.45, 2.75) is 11.6 Å². The van der Waals surface area contributed by atoms with Crippen LogP contribution in [-0.2, 0) is 17.2 Å². The van der Waals surface area contributed by atoms with E-state index in [2.05, 4.69) is 15.0 Å². The molecule has 1 unspecified atom stereocenters. The second kappa shape index (κ2) is 5.42. The minimum Gasteiger partial charge on any atom is -0.399 e. The molecule has 0 aliphatic heterocycles. The number of H-pyrrole nitrogens is 1. The molecule has 0 spiro atoms. The highest BCUT2D eigenvalue weighted by Gasteiger charge is 2.10. The average molecular weight is 286 g/mol. The van der Waals surface area contributed by atoms with Gasteiger partial charge in [0.2, 0.25) is 0 Å². The fourth-order valence-corrected chi connectivity index (χ4v) is 2.96. The number of anilines is 1. The lowest BCUT2D eigenvalue weighted by Crippen LogP contribution is -2.04. The molecule has 2 heterocycles. The van der Waals surface area contributed by atoms with Crippen molar-refractivity contribution in [2.24, 2.45) is 0 Å². The van der Waals surface area contributed by atoms with E-state index in [0.717, 1.165) is 16.7 Å². The number of aryl methyl sites for hydroxylation is 1. The van der Waals surface area contributed by atoms with Crippen LogP contribution in [0.1, 0.15) is 5.69 Å². The van der Waals surface area contributed by atoms with E-state index in [0.29, 0.717) is 23.0 Å². The van der Waals surface area contributed by atoms with Crippen LogP contribution < -0.4 is 5.73 Å². The van der Waals surface area contributed by atoms with E-state index in [1.54, 1.807) is 18.3 Å². The fourth-order valence-electron chi connectivity index (χ4n) is 1.95. The van der Waals surface area contributed by atoms with E-state index in [9.17, 15) is 4.21 Å². The Hall–Kier alpha value is -2.21. The number of rotatable bonds is 4. The summed E-state index contributed by atoms with van der Waals surface area (Å²) in [5, 5.41) is 0.488. The quantitative estimate of drug-likeness (QED) is 0.717. The molecule has 0 saturated carbocycles. The topological polar surface area (TPSA) is 84.7 Å². The molecule has 0 saturated heterocycles. The first-order valence-electron chi connectivity index (χ1n) is 6.26. The summed E-state index contributed by atoms with van der Waals surface area (Å²) in [5.74, 6) is 0.492. The maximum Gasteiger partial charge on any atom is 0.197 e. The molecule has 0 bridgehead atoms. The van der Waals surface area contributed by atoms with Crippen molar-refractivity contribution in [1.29, 1.82) is 0 Å². The first-order valence-corrected chi connectivity index (χ1v) is 7.58. The predicted octanol–water partition coefficient (Wildman–Crippen LogP) is 1.89. The SMILES string of the molecule is Nc1ccc2nc(S(=O)CCc3ccccn3)[nH]c2c1. The molecule has 0 aliphatic rings. The molecule has 6 heteroatoms. The fraction of sp³-hybridized carbons (Fsp3) is 0.143. The highest BCUT2D eigenvalue weighted by Crippen LogP contribution is 2.16. The molecular formula is C14H14N4OS. The van der Waals surface area contributed by atoms with Crippen molar-refractivity contribution in [3.63, 3.8) is 0 Å². The first-order chi connectivity index (χ1) is 9.72. The van der Waals surface area contributed by atoms with E-state index in [1.807, 2.05) is 24.3 Å². The Balaban J connectivity index is 1.75. The summed E-state index contributed by atoms with van der Waals surface area (Å²) in [5.41, 5.74) is 8.89. The number of pyridine rings is 1. The van der Waals surface area contributed by atoms with Gasteiger partial charge in [0.15, 0.2) is 5.16 Å². The highest BCUT2D eigenvalue weighted by atomic mass is 32.2. The Bertz CT molecular complexity index is 754. The molecule has 1 aromatic carbocycles. The highest BCUT2D eigenvalue weighted by molar-refractivity contribution is 7.84. The molecule has 0 radical (unpaired) electrons. The number of aromatic nitrogens is 3. The van der Waals surface area contributed by atoms with Gasteiger partial charge in [0.1, 0.15) is 0 Å². The molecule has 0 amide bonds.